The van der Waals surface area contributed by atoms with E-state index in [1.807, 2.05) is 0 Å². The number of amides is 1. The maximum absolute atomic E-state index is 10.9. The van der Waals surface area contributed by atoms with E-state index in [1.165, 1.54) is 0 Å². The molecule has 10 heavy (non-hydrogen) atoms. The van der Waals surface area contributed by atoms with Crippen LogP contribution in [0.25, 0.3) is 4.85 Å². The predicted molar refractivity (Wildman–Crippen MR) is 43.5 cm³/mol. The second kappa shape index (κ2) is 5.00. The Morgan fingerprint density at radius 3 is 2.80 bits per heavy atom. The van der Waals surface area contributed by atoms with E-state index >= 15 is 0 Å². The number of carbonyl (C=O) groups is 1. The van der Waals surface area contributed by atoms with E-state index in [9.17, 15) is 4.79 Å². The molecule has 0 N–H and O–H groups in total. The first-order chi connectivity index (χ1) is 4.72. The normalized spacial score (nSPS) is 9.70. The van der Waals surface area contributed by atoms with Crippen LogP contribution in [0.3, 0.4) is 0 Å². The minimum atomic E-state index is -0.0910. The third-order valence-corrected chi connectivity index (χ3v) is 2.32. The minimum absolute atomic E-state index is 0.00486. The van der Waals surface area contributed by atoms with Gasteiger partial charge < -0.3 is 9.74 Å². The van der Waals surface area contributed by atoms with E-state index < -0.39 is 0 Å². The Kier molecular flexibility index (Phi) is 4.59. The highest BCUT2D eigenvalue weighted by molar-refractivity contribution is 6.34. The van der Waals surface area contributed by atoms with Crippen molar-refractivity contribution < 1.29 is 4.79 Å². The molecule has 0 atom stereocenters. The number of likely N-dealkylation sites (N-methyl/N-ethyl adjacent to an activating group) is 1. The maximum atomic E-state index is 10.9. The molecule has 3 nitrogen and oxygen atoms in total. The Balaban J connectivity index is 3.62. The van der Waals surface area contributed by atoms with E-state index in [2.05, 4.69) is 11.4 Å². The average Bonchev–Trinajstić information content (AvgIpc) is 1.89. The zero-order chi connectivity index (χ0) is 7.98. The fourth-order valence-electron chi connectivity index (χ4n) is 0.648. The maximum Gasteiger partial charge on any atom is 0.302 e. The van der Waals surface area contributed by atoms with Crippen LogP contribution in [0.15, 0.2) is 0 Å². The van der Waals surface area contributed by atoms with Crippen molar-refractivity contribution in [1.82, 2.24) is 4.90 Å². The lowest BCUT2D eigenvalue weighted by atomic mass is 10.6. The largest absolute Gasteiger partial charge is 0.343 e. The Labute approximate surface area is 63.7 Å². The summed E-state index contributed by atoms with van der Waals surface area (Å²) in [6.07, 6.45) is 0.883. The van der Waals surface area contributed by atoms with Crippen molar-refractivity contribution in [2.45, 2.75) is 6.55 Å². The number of hydrogen-bond donors (Lipinski definition) is 0. The van der Waals surface area contributed by atoms with Crippen LogP contribution in [-0.4, -0.2) is 40.1 Å². The van der Waals surface area contributed by atoms with Gasteiger partial charge in [0.1, 0.15) is 0 Å². The molecule has 0 saturated carbocycles. The van der Waals surface area contributed by atoms with E-state index in [0.717, 1.165) is 6.17 Å². The van der Waals surface area contributed by atoms with Crippen LogP contribution in [0.4, 0.5) is 0 Å². The highest BCUT2D eigenvalue weighted by Gasteiger charge is 2.08. The number of rotatable bonds is 3. The Morgan fingerprint density at radius 2 is 2.40 bits per heavy atom. The van der Waals surface area contributed by atoms with E-state index in [4.69, 9.17) is 6.57 Å². The molecule has 0 aliphatic carbocycles. The highest BCUT2D eigenvalue weighted by atomic mass is 28.2. The van der Waals surface area contributed by atoms with Crippen molar-refractivity contribution in [3.63, 3.8) is 0 Å². The molecule has 0 rings (SSSR count). The molecular formula is C6H12N2OSi. The van der Waals surface area contributed by atoms with Crippen LogP contribution in [0.1, 0.15) is 0 Å². The van der Waals surface area contributed by atoms with E-state index in [-0.39, 0.29) is 22.0 Å². The Bertz CT molecular complexity index is 152. The molecule has 0 saturated heterocycles. The lowest BCUT2D eigenvalue weighted by Crippen LogP contribution is -2.31. The van der Waals surface area contributed by atoms with Crippen molar-refractivity contribution in [3.05, 3.63) is 11.4 Å². The quantitative estimate of drug-likeness (QED) is 0.401. The predicted octanol–water partition coefficient (Wildman–Crippen LogP) is -0.462. The van der Waals surface area contributed by atoms with Crippen LogP contribution < -0.4 is 0 Å². The van der Waals surface area contributed by atoms with Gasteiger partial charge in [0.25, 0.3) is 6.54 Å². The van der Waals surface area contributed by atoms with Gasteiger partial charge in [0.15, 0.2) is 0 Å². The number of hydrogen-bond acceptors (Lipinski definition) is 1. The first-order valence-electron chi connectivity index (χ1n) is 3.29. The summed E-state index contributed by atoms with van der Waals surface area (Å²) in [5, 5.41) is 0. The molecule has 0 radical (unpaired) electrons. The van der Waals surface area contributed by atoms with Crippen LogP contribution in [0, 0.1) is 6.57 Å². The summed E-state index contributed by atoms with van der Waals surface area (Å²) in [5.41, 5.74) is 0. The van der Waals surface area contributed by atoms with E-state index in [0.29, 0.717) is 0 Å². The summed E-state index contributed by atoms with van der Waals surface area (Å²) in [5.74, 6) is -0.0515. The van der Waals surface area contributed by atoms with Crippen LogP contribution in [0.5, 0.6) is 0 Å². The summed E-state index contributed by atoms with van der Waals surface area (Å²) in [4.78, 5) is 15.5. The summed E-state index contributed by atoms with van der Waals surface area (Å²) in [6.45, 7) is 8.59. The smallest absolute Gasteiger partial charge is 0.302 e. The van der Waals surface area contributed by atoms with E-state index in [1.54, 1.807) is 11.9 Å². The minimum Gasteiger partial charge on any atom is -0.343 e. The van der Waals surface area contributed by atoms with Crippen molar-refractivity contribution in [2.75, 3.05) is 19.8 Å². The summed E-state index contributed by atoms with van der Waals surface area (Å²) < 4.78 is 0. The molecule has 0 heterocycles. The fourth-order valence-corrected chi connectivity index (χ4v) is 1.57. The van der Waals surface area contributed by atoms with Gasteiger partial charge in [0, 0.05) is 22.7 Å². The molecular weight excluding hydrogens is 144 g/mol. The first kappa shape index (κ1) is 9.18. The summed E-state index contributed by atoms with van der Waals surface area (Å²) in [7, 11) is 1.66. The molecule has 0 aliphatic heterocycles. The molecule has 0 aromatic heterocycles. The van der Waals surface area contributed by atoms with Gasteiger partial charge >= 0.3 is 5.91 Å². The fraction of sp³-hybridized carbons (Fsp3) is 0.667. The molecule has 0 fully saturated rings. The summed E-state index contributed by atoms with van der Waals surface area (Å²) >= 11 is 0. The zero-order valence-electron chi connectivity index (χ0n) is 6.42. The second-order valence-electron chi connectivity index (χ2n) is 2.13. The van der Waals surface area contributed by atoms with Gasteiger partial charge in [-0.2, -0.15) is 0 Å². The number of nitrogens with zero attached hydrogens (tertiary/aromatic N) is 2. The lowest BCUT2D eigenvalue weighted by Gasteiger charge is -2.11. The van der Waals surface area contributed by atoms with Crippen LogP contribution >= 0.6 is 0 Å². The van der Waals surface area contributed by atoms with Gasteiger partial charge in [0.2, 0.25) is 0 Å². The standard InChI is InChI=1S/C6H12N2OSi/c1-7-4-6(9)8(2)5-10-3/h4-5,10H2,2-3H3. The van der Waals surface area contributed by atoms with Gasteiger partial charge in [-0.1, -0.05) is 6.55 Å². The van der Waals surface area contributed by atoms with Crippen LogP contribution in [-0.2, 0) is 4.79 Å². The topological polar surface area (TPSA) is 24.7 Å². The van der Waals surface area contributed by atoms with Gasteiger partial charge in [-0.3, -0.25) is 4.79 Å². The molecule has 0 aromatic rings. The van der Waals surface area contributed by atoms with Gasteiger partial charge in [0.05, 0.1) is 0 Å². The van der Waals surface area contributed by atoms with Crippen molar-refractivity contribution in [1.29, 1.82) is 0 Å². The molecule has 4 heteroatoms. The SMILES string of the molecule is [C-]#[N+]CC(=O)N(C)C[SiH2]C. The molecule has 56 valence electrons. The molecule has 0 aliphatic rings. The summed E-state index contributed by atoms with van der Waals surface area (Å²) in [6, 6.07) is 0. The van der Waals surface area contributed by atoms with Gasteiger partial charge in [-0.15, -0.1) is 0 Å². The van der Waals surface area contributed by atoms with Gasteiger partial charge in [-0.25, -0.2) is 6.57 Å². The lowest BCUT2D eigenvalue weighted by molar-refractivity contribution is -0.126. The van der Waals surface area contributed by atoms with Gasteiger partial charge in [-0.05, 0) is 0 Å². The molecule has 0 aromatic carbocycles. The number of carbonyl (C=O) groups excluding carboxylic acids is 1. The zero-order valence-corrected chi connectivity index (χ0v) is 7.84. The van der Waals surface area contributed by atoms with Crippen molar-refractivity contribution in [3.8, 4) is 0 Å². The van der Waals surface area contributed by atoms with Crippen molar-refractivity contribution in [2.24, 2.45) is 0 Å². The Morgan fingerprint density at radius 1 is 1.80 bits per heavy atom. The molecule has 0 bridgehead atoms. The third kappa shape index (κ3) is 3.25. The second-order valence-corrected chi connectivity index (χ2v) is 3.58. The highest BCUT2D eigenvalue weighted by Crippen LogP contribution is 1.83. The molecule has 1 amide bonds. The molecule has 0 spiro atoms. The van der Waals surface area contributed by atoms with Crippen molar-refractivity contribution >= 4 is 15.4 Å². The first-order valence-corrected chi connectivity index (χ1v) is 5.71. The van der Waals surface area contributed by atoms with Crippen LogP contribution in [0.2, 0.25) is 6.55 Å². The molecule has 0 unspecified atom stereocenters. The third-order valence-electron chi connectivity index (χ3n) is 1.20. The Hall–Kier alpha value is -0.823. The monoisotopic (exact) mass is 156 g/mol. The average molecular weight is 156 g/mol.